The molecule has 30 heavy (non-hydrogen) atoms. The lowest BCUT2D eigenvalue weighted by Gasteiger charge is -2.16. The van der Waals surface area contributed by atoms with Gasteiger partial charge in [-0.15, -0.1) is 0 Å². The molecule has 0 fully saturated rings. The molecule has 11 heteroatoms. The molecule has 0 saturated heterocycles. The van der Waals surface area contributed by atoms with Gasteiger partial charge in [-0.2, -0.15) is 28.2 Å². The summed E-state index contributed by atoms with van der Waals surface area (Å²) >= 11 is 0. The van der Waals surface area contributed by atoms with Crippen molar-refractivity contribution in [3.8, 4) is 17.6 Å². The Hall–Kier alpha value is -3.94. The molecular formula is C19H15F3N6O2. The number of aromatic nitrogens is 4. The van der Waals surface area contributed by atoms with Gasteiger partial charge in [-0.25, -0.2) is 9.97 Å². The third-order valence-corrected chi connectivity index (χ3v) is 4.13. The molecular weight excluding hydrogens is 401 g/mol. The Labute approximate surface area is 168 Å². The van der Waals surface area contributed by atoms with Crippen LogP contribution in [-0.2, 0) is 6.18 Å². The highest BCUT2D eigenvalue weighted by atomic mass is 19.4. The summed E-state index contributed by atoms with van der Waals surface area (Å²) in [5.74, 6) is -0.162. The fraction of sp³-hybridized carbons (Fsp3) is 0.211. The molecule has 154 valence electrons. The Morgan fingerprint density at radius 2 is 2.03 bits per heavy atom. The number of nitrogens with one attached hydrogen (secondary N) is 1. The maximum absolute atomic E-state index is 13.1. The van der Waals surface area contributed by atoms with Gasteiger partial charge in [-0.3, -0.25) is 4.79 Å². The van der Waals surface area contributed by atoms with Gasteiger partial charge >= 0.3 is 6.18 Å². The molecule has 0 aliphatic heterocycles. The average molecular weight is 416 g/mol. The van der Waals surface area contributed by atoms with Gasteiger partial charge in [0.15, 0.2) is 11.6 Å². The van der Waals surface area contributed by atoms with E-state index < -0.39 is 23.7 Å². The van der Waals surface area contributed by atoms with E-state index in [1.165, 1.54) is 30.4 Å². The highest BCUT2D eigenvalue weighted by Crippen LogP contribution is 2.32. The number of methoxy groups -OCH3 is 1. The van der Waals surface area contributed by atoms with Crippen molar-refractivity contribution >= 4 is 5.91 Å². The van der Waals surface area contributed by atoms with Crippen LogP contribution >= 0.6 is 0 Å². The molecule has 1 N–H and O–H groups in total. The summed E-state index contributed by atoms with van der Waals surface area (Å²) in [6.45, 7) is 1.60. The lowest BCUT2D eigenvalue weighted by Crippen LogP contribution is -2.29. The van der Waals surface area contributed by atoms with E-state index in [-0.39, 0.29) is 11.3 Å². The number of ether oxygens (including phenoxy) is 1. The van der Waals surface area contributed by atoms with Crippen LogP contribution in [0.5, 0.6) is 5.75 Å². The number of carbonyl (C=O) groups is 1. The van der Waals surface area contributed by atoms with Crippen molar-refractivity contribution in [1.82, 2.24) is 25.1 Å². The highest BCUT2D eigenvalue weighted by Gasteiger charge is 2.32. The van der Waals surface area contributed by atoms with E-state index in [4.69, 9.17) is 10.00 Å². The second-order valence-electron chi connectivity index (χ2n) is 6.19. The first-order valence-electron chi connectivity index (χ1n) is 8.56. The SMILES string of the molecule is COc1cc(C(=O)N[C@@H](C)c2ncnn2-c2ccc(C#N)cn2)cc(C(F)(F)F)c1. The van der Waals surface area contributed by atoms with Crippen molar-refractivity contribution < 1.29 is 22.7 Å². The maximum Gasteiger partial charge on any atom is 0.416 e. The molecule has 3 aromatic rings. The van der Waals surface area contributed by atoms with E-state index in [0.717, 1.165) is 12.1 Å². The minimum atomic E-state index is -4.63. The normalized spacial score (nSPS) is 12.1. The van der Waals surface area contributed by atoms with Crippen LogP contribution in [0, 0.1) is 11.3 Å². The molecule has 1 aromatic carbocycles. The predicted octanol–water partition coefficient (Wildman–Crippen LogP) is 3.05. The molecule has 0 bridgehead atoms. The minimum absolute atomic E-state index is 0.0902. The molecule has 1 atom stereocenters. The number of benzene rings is 1. The zero-order chi connectivity index (χ0) is 21.9. The maximum atomic E-state index is 13.1. The number of rotatable bonds is 5. The molecule has 0 spiro atoms. The predicted molar refractivity (Wildman–Crippen MR) is 97.7 cm³/mol. The second kappa shape index (κ2) is 8.20. The van der Waals surface area contributed by atoms with Crippen molar-refractivity contribution in [2.75, 3.05) is 7.11 Å². The van der Waals surface area contributed by atoms with Crippen LogP contribution < -0.4 is 10.1 Å². The van der Waals surface area contributed by atoms with Gasteiger partial charge in [0, 0.05) is 11.8 Å². The average Bonchev–Trinajstić information content (AvgIpc) is 3.22. The number of nitriles is 1. The lowest BCUT2D eigenvalue weighted by atomic mass is 10.1. The van der Waals surface area contributed by atoms with Gasteiger partial charge in [0.25, 0.3) is 5.91 Å². The number of halogens is 3. The monoisotopic (exact) mass is 416 g/mol. The summed E-state index contributed by atoms with van der Waals surface area (Å²) in [5.41, 5.74) is -0.846. The van der Waals surface area contributed by atoms with Gasteiger partial charge in [0.05, 0.1) is 24.3 Å². The van der Waals surface area contributed by atoms with Crippen LogP contribution in [-0.4, -0.2) is 32.8 Å². The molecule has 0 saturated carbocycles. The number of carbonyl (C=O) groups excluding carboxylic acids is 1. The van der Waals surface area contributed by atoms with Gasteiger partial charge in [0.2, 0.25) is 0 Å². The number of alkyl halides is 3. The first kappa shape index (κ1) is 20.8. The largest absolute Gasteiger partial charge is 0.497 e. The molecule has 0 aliphatic carbocycles. The molecule has 0 unspecified atom stereocenters. The fourth-order valence-corrected chi connectivity index (χ4v) is 2.66. The summed E-state index contributed by atoms with van der Waals surface area (Å²) in [7, 11) is 1.22. The molecule has 3 rings (SSSR count). The Bertz CT molecular complexity index is 1100. The van der Waals surface area contributed by atoms with E-state index in [1.807, 2.05) is 6.07 Å². The van der Waals surface area contributed by atoms with Crippen LogP contribution in [0.1, 0.15) is 40.3 Å². The van der Waals surface area contributed by atoms with Crippen molar-refractivity contribution in [2.24, 2.45) is 0 Å². The van der Waals surface area contributed by atoms with Gasteiger partial charge < -0.3 is 10.1 Å². The zero-order valence-electron chi connectivity index (χ0n) is 15.8. The van der Waals surface area contributed by atoms with E-state index in [1.54, 1.807) is 19.1 Å². The number of pyridine rings is 1. The van der Waals surface area contributed by atoms with Gasteiger partial charge in [-0.1, -0.05) is 0 Å². The molecule has 0 aliphatic rings. The second-order valence-corrected chi connectivity index (χ2v) is 6.19. The Balaban J connectivity index is 1.85. The third kappa shape index (κ3) is 4.38. The number of hydrogen-bond acceptors (Lipinski definition) is 6. The van der Waals surface area contributed by atoms with Crippen molar-refractivity contribution in [3.05, 3.63) is 65.4 Å². The molecule has 2 aromatic heterocycles. The smallest absolute Gasteiger partial charge is 0.416 e. The quantitative estimate of drug-likeness (QED) is 0.685. The van der Waals surface area contributed by atoms with Gasteiger partial charge in [-0.05, 0) is 37.3 Å². The van der Waals surface area contributed by atoms with Crippen molar-refractivity contribution in [3.63, 3.8) is 0 Å². The highest BCUT2D eigenvalue weighted by molar-refractivity contribution is 5.95. The Kier molecular flexibility index (Phi) is 5.68. The van der Waals surface area contributed by atoms with Crippen LogP contribution in [0.3, 0.4) is 0 Å². The molecule has 8 nitrogen and oxygen atoms in total. The Morgan fingerprint density at radius 1 is 1.27 bits per heavy atom. The molecule has 1 amide bonds. The van der Waals surface area contributed by atoms with Crippen LogP contribution in [0.4, 0.5) is 13.2 Å². The standard InChI is InChI=1S/C19H15F3N6O2/c1-11(17-25-10-26-28(17)16-4-3-12(8-23)9-24-16)27-18(29)13-5-14(19(20,21)22)7-15(6-13)30-2/h3-7,9-11H,1-2H3,(H,27,29)/t11-/m0/s1. The van der Waals surface area contributed by atoms with Crippen LogP contribution in [0.15, 0.2) is 42.9 Å². The van der Waals surface area contributed by atoms with E-state index in [2.05, 4.69) is 20.4 Å². The first-order valence-corrected chi connectivity index (χ1v) is 8.56. The Morgan fingerprint density at radius 3 is 2.63 bits per heavy atom. The van der Waals surface area contributed by atoms with Crippen LogP contribution in [0.2, 0.25) is 0 Å². The van der Waals surface area contributed by atoms with Crippen LogP contribution in [0.25, 0.3) is 5.82 Å². The lowest BCUT2D eigenvalue weighted by molar-refractivity contribution is -0.137. The third-order valence-electron chi connectivity index (χ3n) is 4.13. The number of hydrogen-bond donors (Lipinski definition) is 1. The van der Waals surface area contributed by atoms with Crippen molar-refractivity contribution in [2.45, 2.75) is 19.1 Å². The molecule has 0 radical (unpaired) electrons. The van der Waals surface area contributed by atoms with E-state index in [9.17, 15) is 18.0 Å². The fourth-order valence-electron chi connectivity index (χ4n) is 2.66. The summed E-state index contributed by atoms with van der Waals surface area (Å²) in [6.07, 6.45) is -2.01. The zero-order valence-corrected chi connectivity index (χ0v) is 15.8. The number of nitrogens with zero attached hydrogens (tertiary/aromatic N) is 5. The summed E-state index contributed by atoms with van der Waals surface area (Å²) < 4.78 is 45.5. The van der Waals surface area contributed by atoms with E-state index in [0.29, 0.717) is 17.2 Å². The summed E-state index contributed by atoms with van der Waals surface area (Å²) in [6, 6.07) is 7.12. The van der Waals surface area contributed by atoms with E-state index >= 15 is 0 Å². The summed E-state index contributed by atoms with van der Waals surface area (Å²) in [4.78, 5) is 20.8. The van der Waals surface area contributed by atoms with Crippen molar-refractivity contribution in [1.29, 1.82) is 5.26 Å². The minimum Gasteiger partial charge on any atom is -0.497 e. The topological polar surface area (TPSA) is 106 Å². The summed E-state index contributed by atoms with van der Waals surface area (Å²) in [5, 5.41) is 15.5. The van der Waals surface area contributed by atoms with Gasteiger partial charge in [0.1, 0.15) is 18.1 Å². The number of amides is 1. The molecule has 2 heterocycles. The first-order chi connectivity index (χ1) is 14.2.